The minimum absolute atomic E-state index is 0.0708. The quantitative estimate of drug-likeness (QED) is 0.613. The normalized spacial score (nSPS) is 11.2. The molecule has 0 spiro atoms. The smallest absolute Gasteiger partial charge is 0.497 e. The van der Waals surface area contributed by atoms with Crippen LogP contribution in [0.3, 0.4) is 0 Å². The number of halogens is 4. The highest BCUT2D eigenvalue weighted by molar-refractivity contribution is 9.09. The van der Waals surface area contributed by atoms with Crippen molar-refractivity contribution in [2.45, 2.75) is 12.8 Å². The van der Waals surface area contributed by atoms with Gasteiger partial charge in [0.1, 0.15) is 11.5 Å². The minimum atomic E-state index is -4.84. The van der Waals surface area contributed by atoms with Gasteiger partial charge in [-0.25, -0.2) is 0 Å². The molecule has 18 heavy (non-hydrogen) atoms. The van der Waals surface area contributed by atoms with E-state index in [9.17, 15) is 18.0 Å². The highest BCUT2D eigenvalue weighted by Crippen LogP contribution is 2.30. The summed E-state index contributed by atoms with van der Waals surface area (Å²) in [6, 6.07) is 3.59. The molecule has 3 nitrogen and oxygen atoms in total. The van der Waals surface area contributed by atoms with Gasteiger partial charge in [-0.3, -0.25) is 4.79 Å². The van der Waals surface area contributed by atoms with Gasteiger partial charge in [-0.15, -0.1) is 13.2 Å². The first kappa shape index (κ1) is 14.8. The Bertz CT molecular complexity index is 432. The van der Waals surface area contributed by atoms with Gasteiger partial charge >= 0.3 is 6.36 Å². The van der Waals surface area contributed by atoms with Gasteiger partial charge in [-0.2, -0.15) is 0 Å². The summed E-state index contributed by atoms with van der Waals surface area (Å²) in [6.07, 6.45) is -4.76. The summed E-state index contributed by atoms with van der Waals surface area (Å²) in [4.78, 5) is 11.7. The Morgan fingerprint density at radius 1 is 1.39 bits per heavy atom. The van der Waals surface area contributed by atoms with Crippen molar-refractivity contribution >= 4 is 21.7 Å². The average molecular weight is 327 g/mol. The van der Waals surface area contributed by atoms with Crippen molar-refractivity contribution in [3.05, 3.63) is 23.8 Å². The molecular formula is C11H10BrF3O3. The van der Waals surface area contributed by atoms with Gasteiger partial charge in [0.05, 0.1) is 12.7 Å². The van der Waals surface area contributed by atoms with Crippen LogP contribution in [0, 0.1) is 0 Å². The van der Waals surface area contributed by atoms with Crippen molar-refractivity contribution in [3.8, 4) is 11.5 Å². The lowest BCUT2D eigenvalue weighted by atomic mass is 10.1. The third-order valence-electron chi connectivity index (χ3n) is 2.03. The van der Waals surface area contributed by atoms with Crippen LogP contribution in [-0.4, -0.2) is 24.6 Å². The molecule has 100 valence electrons. The number of hydrogen-bond acceptors (Lipinski definition) is 3. The minimum Gasteiger partial charge on any atom is -0.497 e. The number of ketones is 1. The number of rotatable bonds is 5. The zero-order chi connectivity index (χ0) is 13.8. The number of benzene rings is 1. The second-order valence-corrected chi connectivity index (χ2v) is 4.07. The number of ether oxygens (including phenoxy) is 2. The fourth-order valence-electron chi connectivity index (χ4n) is 1.29. The van der Waals surface area contributed by atoms with Gasteiger partial charge < -0.3 is 9.47 Å². The third-order valence-corrected chi connectivity index (χ3v) is 2.43. The van der Waals surface area contributed by atoms with Crippen LogP contribution in [0.1, 0.15) is 16.8 Å². The van der Waals surface area contributed by atoms with Crippen molar-refractivity contribution in [2.75, 3.05) is 12.4 Å². The van der Waals surface area contributed by atoms with Crippen LogP contribution < -0.4 is 9.47 Å². The van der Waals surface area contributed by atoms with Gasteiger partial charge in [0.2, 0.25) is 0 Å². The molecule has 0 fully saturated rings. The molecule has 0 radical (unpaired) electrons. The standard InChI is InChI=1S/C11H10BrF3O3/c1-17-7-2-3-10(18-11(13,14)15)8(6-7)9(16)4-5-12/h2-3,6H,4-5H2,1H3. The van der Waals surface area contributed by atoms with Crippen LogP contribution in [0.5, 0.6) is 11.5 Å². The van der Waals surface area contributed by atoms with Crippen LogP contribution in [0.15, 0.2) is 18.2 Å². The zero-order valence-electron chi connectivity index (χ0n) is 9.38. The van der Waals surface area contributed by atoms with Crippen molar-refractivity contribution < 1.29 is 27.4 Å². The van der Waals surface area contributed by atoms with E-state index in [1.165, 1.54) is 19.2 Å². The van der Waals surface area contributed by atoms with Gasteiger partial charge in [0.15, 0.2) is 5.78 Å². The molecule has 0 aliphatic rings. The number of methoxy groups -OCH3 is 1. The zero-order valence-corrected chi connectivity index (χ0v) is 11.0. The van der Waals surface area contributed by atoms with E-state index in [0.29, 0.717) is 11.1 Å². The maximum atomic E-state index is 12.2. The lowest BCUT2D eigenvalue weighted by Gasteiger charge is -2.13. The molecule has 0 amide bonds. The number of Topliss-reactive ketones (excluding diaryl/α,β-unsaturated/α-hetero) is 1. The topological polar surface area (TPSA) is 35.5 Å². The van der Waals surface area contributed by atoms with Crippen LogP contribution in [0.25, 0.3) is 0 Å². The first-order chi connectivity index (χ1) is 8.37. The molecular weight excluding hydrogens is 317 g/mol. The average Bonchev–Trinajstić information content (AvgIpc) is 2.27. The van der Waals surface area contributed by atoms with E-state index in [2.05, 4.69) is 20.7 Å². The molecule has 0 aromatic heterocycles. The van der Waals surface area contributed by atoms with Crippen LogP contribution in [-0.2, 0) is 0 Å². The predicted molar refractivity (Wildman–Crippen MR) is 62.4 cm³/mol. The molecule has 0 bridgehead atoms. The highest BCUT2D eigenvalue weighted by atomic mass is 79.9. The molecule has 7 heteroatoms. The molecule has 0 N–H and O–H groups in total. The Balaban J connectivity index is 3.12. The molecule has 0 aliphatic carbocycles. The van der Waals surface area contributed by atoms with E-state index in [1.54, 1.807) is 0 Å². The lowest BCUT2D eigenvalue weighted by molar-refractivity contribution is -0.274. The number of hydrogen-bond donors (Lipinski definition) is 0. The van der Waals surface area contributed by atoms with E-state index in [0.717, 1.165) is 6.07 Å². The summed E-state index contributed by atoms with van der Waals surface area (Å²) in [5.74, 6) is -0.679. The lowest BCUT2D eigenvalue weighted by Crippen LogP contribution is -2.19. The summed E-state index contributed by atoms with van der Waals surface area (Å²) in [6.45, 7) is 0. The van der Waals surface area contributed by atoms with Gasteiger partial charge in [-0.05, 0) is 18.2 Å². The Morgan fingerprint density at radius 2 is 2.06 bits per heavy atom. The largest absolute Gasteiger partial charge is 0.573 e. The SMILES string of the molecule is COc1ccc(OC(F)(F)F)c(C(=O)CCBr)c1. The molecule has 0 saturated carbocycles. The Labute approximate surface area is 110 Å². The Kier molecular flexibility index (Phi) is 5.01. The van der Waals surface area contributed by atoms with Crippen LogP contribution in [0.2, 0.25) is 0 Å². The Morgan fingerprint density at radius 3 is 2.56 bits per heavy atom. The van der Waals surface area contributed by atoms with E-state index in [4.69, 9.17) is 4.74 Å². The fraction of sp³-hybridized carbons (Fsp3) is 0.364. The predicted octanol–water partition coefficient (Wildman–Crippen LogP) is 3.56. The number of carbonyl (C=O) groups excluding carboxylic acids is 1. The van der Waals surface area contributed by atoms with Crippen LogP contribution in [0.4, 0.5) is 13.2 Å². The highest BCUT2D eigenvalue weighted by Gasteiger charge is 2.33. The van der Waals surface area contributed by atoms with E-state index < -0.39 is 17.9 Å². The molecule has 0 saturated heterocycles. The second-order valence-electron chi connectivity index (χ2n) is 3.27. The van der Waals surface area contributed by atoms with Crippen molar-refractivity contribution in [2.24, 2.45) is 0 Å². The molecule has 1 aromatic carbocycles. The maximum absolute atomic E-state index is 12.2. The van der Waals surface area contributed by atoms with Crippen molar-refractivity contribution in [3.63, 3.8) is 0 Å². The molecule has 0 aliphatic heterocycles. The monoisotopic (exact) mass is 326 g/mol. The Hall–Kier alpha value is -1.24. The van der Waals surface area contributed by atoms with E-state index >= 15 is 0 Å². The van der Waals surface area contributed by atoms with Gasteiger partial charge in [-0.1, -0.05) is 15.9 Å². The van der Waals surface area contributed by atoms with Gasteiger partial charge in [0, 0.05) is 11.8 Å². The molecule has 0 atom stereocenters. The summed E-state index contributed by atoms with van der Waals surface area (Å²) in [7, 11) is 1.36. The van der Waals surface area contributed by atoms with E-state index in [1.807, 2.05) is 0 Å². The van der Waals surface area contributed by atoms with Crippen LogP contribution >= 0.6 is 15.9 Å². The summed E-state index contributed by atoms with van der Waals surface area (Å²) >= 11 is 3.05. The van der Waals surface area contributed by atoms with Gasteiger partial charge in [0.25, 0.3) is 0 Å². The van der Waals surface area contributed by atoms with Crippen molar-refractivity contribution in [1.82, 2.24) is 0 Å². The molecule has 1 rings (SSSR count). The summed E-state index contributed by atoms with van der Waals surface area (Å²) in [5, 5.41) is 0.356. The molecule has 0 unspecified atom stereocenters. The molecule has 1 aromatic rings. The van der Waals surface area contributed by atoms with E-state index in [-0.39, 0.29) is 12.0 Å². The number of alkyl halides is 4. The fourth-order valence-corrected chi connectivity index (χ4v) is 1.65. The molecule has 0 heterocycles. The maximum Gasteiger partial charge on any atom is 0.573 e. The first-order valence-electron chi connectivity index (χ1n) is 4.90. The second kappa shape index (κ2) is 6.08. The first-order valence-corrected chi connectivity index (χ1v) is 6.02. The summed E-state index contributed by atoms with van der Waals surface area (Å²) in [5.41, 5.74) is -0.147. The number of carbonyl (C=O) groups is 1. The summed E-state index contributed by atoms with van der Waals surface area (Å²) < 4.78 is 45.2. The van der Waals surface area contributed by atoms with Crippen molar-refractivity contribution in [1.29, 1.82) is 0 Å². The third kappa shape index (κ3) is 4.21.